The van der Waals surface area contributed by atoms with Gasteiger partial charge in [0.25, 0.3) is 5.91 Å². The second-order valence-corrected chi connectivity index (χ2v) is 11.6. The minimum absolute atomic E-state index is 0.0783. The van der Waals surface area contributed by atoms with Gasteiger partial charge in [0, 0.05) is 24.3 Å². The molecule has 1 aromatic carbocycles. The van der Waals surface area contributed by atoms with E-state index < -0.39 is 6.36 Å². The molecule has 2 bridgehead atoms. The number of hydrogen-bond acceptors (Lipinski definition) is 6. The molecular formula is C27H28F3NO4S2. The van der Waals surface area contributed by atoms with Gasteiger partial charge in [-0.3, -0.25) is 9.69 Å². The van der Waals surface area contributed by atoms with Gasteiger partial charge in [0.1, 0.15) is 21.6 Å². The first kappa shape index (κ1) is 26.3. The summed E-state index contributed by atoms with van der Waals surface area (Å²) in [7, 11) is 0. The Bertz CT molecular complexity index is 1190. The zero-order valence-electron chi connectivity index (χ0n) is 20.1. The first-order valence-electron chi connectivity index (χ1n) is 12.6. The predicted molar refractivity (Wildman–Crippen MR) is 140 cm³/mol. The Morgan fingerprint density at radius 2 is 1.95 bits per heavy atom. The minimum Gasteiger partial charge on any atom is -0.456 e. The second-order valence-electron chi connectivity index (χ2n) is 9.90. The monoisotopic (exact) mass is 551 g/mol. The third-order valence-electron chi connectivity index (χ3n) is 7.44. The molecule has 1 aromatic heterocycles. The van der Waals surface area contributed by atoms with E-state index in [1.807, 2.05) is 6.07 Å². The van der Waals surface area contributed by atoms with E-state index in [9.17, 15) is 18.0 Å². The van der Waals surface area contributed by atoms with Gasteiger partial charge in [-0.25, -0.2) is 0 Å². The van der Waals surface area contributed by atoms with Crippen LogP contribution < -0.4 is 4.74 Å². The van der Waals surface area contributed by atoms with E-state index in [-0.39, 0.29) is 24.3 Å². The summed E-state index contributed by atoms with van der Waals surface area (Å²) in [6, 6.07) is 7.54. The fraction of sp³-hybridized carbons (Fsp3) is 0.481. The number of aliphatic hydroxyl groups is 1. The summed E-state index contributed by atoms with van der Waals surface area (Å²) in [6.07, 6.45) is 4.61. The topological polar surface area (TPSA) is 62.9 Å². The minimum atomic E-state index is -4.76. The van der Waals surface area contributed by atoms with E-state index in [1.54, 1.807) is 11.0 Å². The van der Waals surface area contributed by atoms with E-state index in [0.29, 0.717) is 51.0 Å². The van der Waals surface area contributed by atoms with Gasteiger partial charge in [-0.15, -0.1) is 13.2 Å². The van der Waals surface area contributed by atoms with Gasteiger partial charge in [0.15, 0.2) is 0 Å². The van der Waals surface area contributed by atoms with Gasteiger partial charge < -0.3 is 14.3 Å². The van der Waals surface area contributed by atoms with Crippen molar-refractivity contribution in [3.8, 4) is 17.1 Å². The van der Waals surface area contributed by atoms with Crippen molar-refractivity contribution in [2.75, 3.05) is 6.61 Å². The molecule has 37 heavy (non-hydrogen) atoms. The molecule has 1 aliphatic heterocycles. The van der Waals surface area contributed by atoms with Gasteiger partial charge in [-0.2, -0.15) is 0 Å². The first-order chi connectivity index (χ1) is 17.7. The zero-order valence-corrected chi connectivity index (χ0v) is 21.8. The van der Waals surface area contributed by atoms with Crippen LogP contribution in [0.15, 0.2) is 39.7 Å². The number of furan rings is 1. The molecule has 1 saturated heterocycles. The second kappa shape index (κ2) is 10.8. The van der Waals surface area contributed by atoms with Crippen LogP contribution in [0, 0.1) is 11.8 Å². The smallest absolute Gasteiger partial charge is 0.456 e. The highest BCUT2D eigenvalue weighted by Crippen LogP contribution is 2.49. The van der Waals surface area contributed by atoms with Crippen LogP contribution in [0.2, 0.25) is 0 Å². The Morgan fingerprint density at radius 3 is 2.59 bits per heavy atom. The third-order valence-corrected chi connectivity index (χ3v) is 8.77. The van der Waals surface area contributed by atoms with Gasteiger partial charge in [-0.05, 0) is 86.3 Å². The van der Waals surface area contributed by atoms with E-state index in [4.69, 9.17) is 21.7 Å². The number of carbonyl (C=O) groups excluding carboxylic acids is 1. The lowest BCUT2D eigenvalue weighted by Crippen LogP contribution is -2.41. The van der Waals surface area contributed by atoms with Gasteiger partial charge in [0.2, 0.25) is 0 Å². The maximum absolute atomic E-state index is 13.4. The summed E-state index contributed by atoms with van der Waals surface area (Å²) in [5.74, 6) is 1.86. The summed E-state index contributed by atoms with van der Waals surface area (Å²) in [5.41, 5.74) is 1.49. The average molecular weight is 552 g/mol. The lowest BCUT2D eigenvalue weighted by molar-refractivity contribution is -0.274. The highest BCUT2D eigenvalue weighted by molar-refractivity contribution is 8.26. The normalized spacial score (nSPS) is 24.6. The maximum atomic E-state index is 13.4. The molecule has 1 amide bonds. The molecular weight excluding hydrogens is 523 g/mol. The Hall–Kier alpha value is -2.30. The predicted octanol–water partition coefficient (Wildman–Crippen LogP) is 6.94. The van der Waals surface area contributed by atoms with Crippen molar-refractivity contribution in [2.45, 2.75) is 63.8 Å². The largest absolute Gasteiger partial charge is 0.573 e. The van der Waals surface area contributed by atoms with Crippen molar-refractivity contribution >= 4 is 40.3 Å². The van der Waals surface area contributed by atoms with E-state index in [1.165, 1.54) is 48.9 Å². The van der Waals surface area contributed by atoms with Crippen LogP contribution in [-0.4, -0.2) is 39.2 Å². The summed E-state index contributed by atoms with van der Waals surface area (Å²) >= 11 is 6.90. The summed E-state index contributed by atoms with van der Waals surface area (Å²) in [5, 5.41) is 9.10. The number of alkyl halides is 3. The zero-order chi connectivity index (χ0) is 26.2. The van der Waals surface area contributed by atoms with Gasteiger partial charge in [0.05, 0.1) is 4.91 Å². The standard InChI is InChI=1S/C27H28F3NO4S2/c28-27(29,30)35-20-9-7-17(8-10-20)22-14-19(4-2-1-3-11-32)23(34-22)15-24-25(33)31(26(36)37-24)21-13-16-5-6-18(21)12-16/h7-10,14-16,18,21,32H,1-6,11-13H2/b24-15-. The molecule has 2 heterocycles. The molecule has 2 aliphatic carbocycles. The van der Waals surface area contributed by atoms with Crippen LogP contribution in [0.3, 0.4) is 0 Å². The van der Waals surface area contributed by atoms with Crippen LogP contribution in [-0.2, 0) is 11.2 Å². The molecule has 1 N–H and O–H groups in total. The van der Waals surface area contributed by atoms with Crippen LogP contribution in [0.5, 0.6) is 5.75 Å². The number of hydrogen-bond donors (Lipinski definition) is 1. The number of benzene rings is 1. The van der Waals surface area contributed by atoms with Crippen molar-refractivity contribution < 1.29 is 32.2 Å². The van der Waals surface area contributed by atoms with E-state index >= 15 is 0 Å². The fourth-order valence-electron chi connectivity index (χ4n) is 5.74. The number of thioether (sulfide) groups is 1. The summed E-state index contributed by atoms with van der Waals surface area (Å²) < 4.78 is 48.2. The summed E-state index contributed by atoms with van der Waals surface area (Å²) in [6.45, 7) is 0.126. The SMILES string of the molecule is O=C1/C(=C/c2oc(-c3ccc(OC(F)(F)F)cc3)cc2CCCCCO)SC(=S)N1C1CC2CCC1C2. The number of carbonyl (C=O) groups is 1. The van der Waals surface area contributed by atoms with Crippen molar-refractivity contribution in [1.82, 2.24) is 4.90 Å². The van der Waals surface area contributed by atoms with Crippen molar-refractivity contribution in [2.24, 2.45) is 11.8 Å². The average Bonchev–Trinajstić information content (AvgIpc) is 3.61. The Balaban J connectivity index is 1.39. The number of aryl methyl sites for hydroxylation is 1. The van der Waals surface area contributed by atoms with Gasteiger partial charge >= 0.3 is 6.36 Å². The molecule has 10 heteroatoms. The first-order valence-corrected chi connectivity index (χ1v) is 13.8. The number of halogens is 3. The molecule has 5 nitrogen and oxygen atoms in total. The third kappa shape index (κ3) is 5.91. The van der Waals surface area contributed by atoms with Crippen LogP contribution in [0.25, 0.3) is 17.4 Å². The Kier molecular flexibility index (Phi) is 7.70. The van der Waals surface area contributed by atoms with Crippen molar-refractivity contribution in [1.29, 1.82) is 0 Å². The molecule has 3 unspecified atom stereocenters. The molecule has 198 valence electrons. The molecule has 5 rings (SSSR count). The lowest BCUT2D eigenvalue weighted by atomic mass is 9.94. The van der Waals surface area contributed by atoms with Gasteiger partial charge in [-0.1, -0.05) is 36.8 Å². The van der Waals surface area contributed by atoms with Crippen LogP contribution in [0.1, 0.15) is 56.3 Å². The van der Waals surface area contributed by atoms with E-state index in [2.05, 4.69) is 4.74 Å². The van der Waals surface area contributed by atoms with Crippen molar-refractivity contribution in [3.63, 3.8) is 0 Å². The molecule has 3 aliphatic rings. The number of thiocarbonyl (C=S) groups is 1. The van der Waals surface area contributed by atoms with Crippen LogP contribution >= 0.6 is 24.0 Å². The number of ether oxygens (including phenoxy) is 1. The Morgan fingerprint density at radius 1 is 1.16 bits per heavy atom. The number of aliphatic hydroxyl groups excluding tert-OH is 1. The highest BCUT2D eigenvalue weighted by atomic mass is 32.2. The number of fused-ring (bicyclic) bond motifs is 2. The number of rotatable bonds is 9. The quantitative estimate of drug-likeness (QED) is 0.207. The fourth-order valence-corrected chi connectivity index (χ4v) is 7.08. The molecule has 3 fully saturated rings. The van der Waals surface area contributed by atoms with E-state index in [0.717, 1.165) is 31.2 Å². The molecule has 0 spiro atoms. The maximum Gasteiger partial charge on any atom is 0.573 e. The highest BCUT2D eigenvalue weighted by Gasteiger charge is 2.48. The number of nitrogens with zero attached hydrogens (tertiary/aromatic N) is 1. The molecule has 0 radical (unpaired) electrons. The number of unbranched alkanes of at least 4 members (excludes halogenated alkanes) is 2. The number of amides is 1. The lowest BCUT2D eigenvalue weighted by Gasteiger charge is -2.30. The van der Waals surface area contributed by atoms with Crippen molar-refractivity contribution in [3.05, 3.63) is 46.6 Å². The van der Waals surface area contributed by atoms with Crippen LogP contribution in [0.4, 0.5) is 13.2 Å². The molecule has 2 aromatic rings. The Labute approximate surface area is 223 Å². The molecule has 3 atom stereocenters. The summed E-state index contributed by atoms with van der Waals surface area (Å²) in [4.78, 5) is 15.7. The molecule has 2 saturated carbocycles.